The molecular formula is C13H15ClO3. The monoisotopic (exact) mass is 254 g/mol. The van der Waals surface area contributed by atoms with E-state index >= 15 is 0 Å². The number of rotatable bonds is 2. The Morgan fingerprint density at radius 3 is 2.53 bits per heavy atom. The molecule has 1 N–H and O–H groups in total. The van der Waals surface area contributed by atoms with Crippen molar-refractivity contribution in [1.82, 2.24) is 0 Å². The summed E-state index contributed by atoms with van der Waals surface area (Å²) < 4.78 is 10.9. The molecule has 1 aromatic carbocycles. The smallest absolute Gasteiger partial charge is 0.231 e. The second-order valence-corrected chi connectivity index (χ2v) is 5.48. The highest BCUT2D eigenvalue weighted by atomic mass is 35.5. The molecule has 1 aliphatic carbocycles. The summed E-state index contributed by atoms with van der Waals surface area (Å²) in [6.45, 7) is 4.37. The van der Waals surface area contributed by atoms with Crippen LogP contribution in [0.1, 0.15) is 43.7 Å². The normalized spacial score (nSPS) is 19.8. The van der Waals surface area contributed by atoms with Crippen molar-refractivity contribution >= 4 is 11.6 Å². The number of aliphatic hydroxyl groups is 1. The van der Waals surface area contributed by atoms with Crippen molar-refractivity contribution in [3.8, 4) is 11.5 Å². The first-order valence-corrected chi connectivity index (χ1v) is 6.25. The molecule has 0 aromatic heterocycles. The molecule has 4 heteroatoms. The lowest BCUT2D eigenvalue weighted by molar-refractivity contribution is 0.148. The quantitative estimate of drug-likeness (QED) is 0.881. The van der Waals surface area contributed by atoms with E-state index in [1.165, 1.54) is 0 Å². The molecule has 1 aliphatic heterocycles. The van der Waals surface area contributed by atoms with E-state index < -0.39 is 5.60 Å². The molecule has 2 aliphatic rings. The standard InChI is InChI=1S/C13H15ClO3/c1-7(2)10-8(13(15)3-4-13)5-9(14)11-12(10)17-6-16-11/h5,7,15H,3-4,6H2,1-2H3. The summed E-state index contributed by atoms with van der Waals surface area (Å²) in [6.07, 6.45) is 1.59. The lowest BCUT2D eigenvalue weighted by Gasteiger charge is -2.19. The summed E-state index contributed by atoms with van der Waals surface area (Å²) in [4.78, 5) is 0. The van der Waals surface area contributed by atoms with Gasteiger partial charge in [0.05, 0.1) is 10.6 Å². The fourth-order valence-electron chi connectivity index (χ4n) is 2.39. The molecule has 0 spiro atoms. The van der Waals surface area contributed by atoms with Crippen LogP contribution in [0.4, 0.5) is 0 Å². The van der Waals surface area contributed by atoms with Gasteiger partial charge in [0.1, 0.15) is 0 Å². The molecule has 0 radical (unpaired) electrons. The summed E-state index contributed by atoms with van der Waals surface area (Å²) in [5.74, 6) is 1.59. The van der Waals surface area contributed by atoms with Crippen LogP contribution in [-0.4, -0.2) is 11.9 Å². The third-order valence-corrected chi connectivity index (χ3v) is 3.72. The third kappa shape index (κ3) is 1.60. The van der Waals surface area contributed by atoms with Crippen LogP contribution in [0, 0.1) is 0 Å². The highest BCUT2D eigenvalue weighted by Gasteiger charge is 2.46. The predicted molar refractivity (Wildman–Crippen MR) is 64.8 cm³/mol. The van der Waals surface area contributed by atoms with E-state index in [0.29, 0.717) is 16.5 Å². The molecule has 17 heavy (non-hydrogen) atoms. The van der Waals surface area contributed by atoms with Gasteiger partial charge in [-0.3, -0.25) is 0 Å². The number of benzene rings is 1. The van der Waals surface area contributed by atoms with E-state index in [1.807, 2.05) is 6.07 Å². The van der Waals surface area contributed by atoms with Crippen molar-refractivity contribution in [3.05, 3.63) is 22.2 Å². The van der Waals surface area contributed by atoms with Crippen LogP contribution < -0.4 is 9.47 Å². The summed E-state index contributed by atoms with van der Waals surface area (Å²) in [5, 5.41) is 10.9. The number of fused-ring (bicyclic) bond motifs is 1. The first-order chi connectivity index (χ1) is 8.03. The van der Waals surface area contributed by atoms with E-state index in [2.05, 4.69) is 13.8 Å². The minimum atomic E-state index is -0.704. The highest BCUT2D eigenvalue weighted by molar-refractivity contribution is 6.32. The lowest BCUT2D eigenvalue weighted by atomic mass is 9.91. The number of hydrogen-bond donors (Lipinski definition) is 1. The summed E-state index contributed by atoms with van der Waals surface area (Å²) in [6, 6.07) is 1.83. The van der Waals surface area contributed by atoms with E-state index in [1.54, 1.807) is 0 Å². The van der Waals surface area contributed by atoms with Crippen molar-refractivity contribution in [2.75, 3.05) is 6.79 Å². The Hall–Kier alpha value is -0.930. The van der Waals surface area contributed by atoms with Crippen molar-refractivity contribution in [3.63, 3.8) is 0 Å². The predicted octanol–water partition coefficient (Wildman–Crippen LogP) is 3.17. The van der Waals surface area contributed by atoms with Crippen LogP contribution in [0.5, 0.6) is 11.5 Å². The fraction of sp³-hybridized carbons (Fsp3) is 0.538. The second-order valence-electron chi connectivity index (χ2n) is 5.07. The van der Waals surface area contributed by atoms with E-state index in [0.717, 1.165) is 24.0 Å². The Kier molecular flexibility index (Phi) is 2.32. The molecule has 0 bridgehead atoms. The number of hydrogen-bond acceptors (Lipinski definition) is 3. The maximum Gasteiger partial charge on any atom is 0.231 e. The molecule has 3 nitrogen and oxygen atoms in total. The Bertz CT molecular complexity index is 478. The second kappa shape index (κ2) is 3.53. The summed E-state index contributed by atoms with van der Waals surface area (Å²) in [5.41, 5.74) is 1.23. The van der Waals surface area contributed by atoms with Gasteiger partial charge >= 0.3 is 0 Å². The van der Waals surface area contributed by atoms with Gasteiger partial charge in [0.25, 0.3) is 0 Å². The lowest BCUT2D eigenvalue weighted by Crippen LogP contribution is -2.10. The van der Waals surface area contributed by atoms with Crippen LogP contribution in [0.25, 0.3) is 0 Å². The van der Waals surface area contributed by atoms with Gasteiger partial charge in [0.15, 0.2) is 11.5 Å². The molecule has 0 saturated heterocycles. The zero-order valence-corrected chi connectivity index (χ0v) is 10.7. The Balaban J connectivity index is 2.24. The maximum absolute atomic E-state index is 10.3. The van der Waals surface area contributed by atoms with Gasteiger partial charge in [0, 0.05) is 5.56 Å². The number of ether oxygens (including phenoxy) is 2. The topological polar surface area (TPSA) is 38.7 Å². The van der Waals surface area contributed by atoms with Crippen molar-refractivity contribution in [2.45, 2.75) is 38.2 Å². The van der Waals surface area contributed by atoms with Gasteiger partial charge in [-0.2, -0.15) is 0 Å². The molecule has 0 amide bonds. The van der Waals surface area contributed by atoms with Gasteiger partial charge < -0.3 is 14.6 Å². The molecule has 1 fully saturated rings. The third-order valence-electron chi connectivity index (χ3n) is 3.44. The SMILES string of the molecule is CC(C)c1c(C2(O)CC2)cc(Cl)c2c1OCO2. The Labute approximate surface area is 105 Å². The average molecular weight is 255 g/mol. The van der Waals surface area contributed by atoms with Crippen molar-refractivity contribution < 1.29 is 14.6 Å². The first-order valence-electron chi connectivity index (χ1n) is 5.88. The molecule has 0 atom stereocenters. The van der Waals surface area contributed by atoms with Gasteiger partial charge in [-0.15, -0.1) is 0 Å². The van der Waals surface area contributed by atoms with Crippen molar-refractivity contribution in [2.24, 2.45) is 0 Å². The summed E-state index contributed by atoms with van der Waals surface area (Å²) in [7, 11) is 0. The Morgan fingerprint density at radius 1 is 1.29 bits per heavy atom. The maximum atomic E-state index is 10.3. The van der Waals surface area contributed by atoms with Crippen LogP contribution in [0.2, 0.25) is 5.02 Å². The minimum Gasteiger partial charge on any atom is -0.453 e. The van der Waals surface area contributed by atoms with Gasteiger partial charge in [-0.1, -0.05) is 25.4 Å². The molecule has 1 heterocycles. The molecule has 0 unspecified atom stereocenters. The molecule has 1 saturated carbocycles. The van der Waals surface area contributed by atoms with Gasteiger partial charge in [-0.25, -0.2) is 0 Å². The molecule has 1 aromatic rings. The molecule has 92 valence electrons. The minimum absolute atomic E-state index is 0.205. The van der Waals surface area contributed by atoms with Crippen molar-refractivity contribution in [1.29, 1.82) is 0 Å². The van der Waals surface area contributed by atoms with Gasteiger partial charge in [-0.05, 0) is 30.4 Å². The Morgan fingerprint density at radius 2 is 1.94 bits per heavy atom. The van der Waals surface area contributed by atoms with E-state index in [9.17, 15) is 5.11 Å². The highest BCUT2D eigenvalue weighted by Crippen LogP contribution is 2.54. The van der Waals surface area contributed by atoms with Crippen LogP contribution in [0.3, 0.4) is 0 Å². The van der Waals surface area contributed by atoms with Crippen LogP contribution >= 0.6 is 11.6 Å². The number of halogens is 1. The van der Waals surface area contributed by atoms with Crippen LogP contribution in [0.15, 0.2) is 6.07 Å². The van der Waals surface area contributed by atoms with E-state index in [-0.39, 0.29) is 12.7 Å². The van der Waals surface area contributed by atoms with E-state index in [4.69, 9.17) is 21.1 Å². The summed E-state index contributed by atoms with van der Waals surface area (Å²) >= 11 is 6.17. The van der Waals surface area contributed by atoms with Crippen LogP contribution in [-0.2, 0) is 5.60 Å². The first kappa shape index (κ1) is 11.2. The van der Waals surface area contributed by atoms with Gasteiger partial charge in [0.2, 0.25) is 6.79 Å². The zero-order chi connectivity index (χ0) is 12.2. The largest absolute Gasteiger partial charge is 0.453 e. The molecular weight excluding hydrogens is 240 g/mol. The average Bonchev–Trinajstić information content (AvgIpc) is 2.83. The zero-order valence-electron chi connectivity index (χ0n) is 9.92. The fourth-order valence-corrected chi connectivity index (χ4v) is 2.64. The molecule has 3 rings (SSSR count).